The summed E-state index contributed by atoms with van der Waals surface area (Å²) in [5.41, 5.74) is 2.76. The number of rotatable bonds is 5. The second kappa shape index (κ2) is 8.57. The second-order valence-electron chi connectivity index (χ2n) is 8.24. The lowest BCUT2D eigenvalue weighted by atomic mass is 10.1. The van der Waals surface area contributed by atoms with Crippen LogP contribution in [0.5, 0.6) is 0 Å². The Labute approximate surface area is 194 Å². The highest BCUT2D eigenvalue weighted by atomic mass is 32.2. The second-order valence-corrected chi connectivity index (χ2v) is 10.1. The van der Waals surface area contributed by atoms with Gasteiger partial charge in [0, 0.05) is 49.6 Å². The van der Waals surface area contributed by atoms with E-state index in [-0.39, 0.29) is 6.54 Å². The summed E-state index contributed by atoms with van der Waals surface area (Å²) in [5, 5.41) is 1.66. The number of hydrogen-bond donors (Lipinski definition) is 0. The summed E-state index contributed by atoms with van der Waals surface area (Å²) in [6, 6.07) is 22.9. The fraction of sp³-hybridized carbons (Fsp3) is 0.231. The molecule has 0 radical (unpaired) electrons. The van der Waals surface area contributed by atoms with Crippen LogP contribution in [-0.2, 0) is 23.0 Å². The van der Waals surface area contributed by atoms with Crippen LogP contribution in [-0.4, -0.2) is 42.8 Å². The van der Waals surface area contributed by atoms with Gasteiger partial charge in [-0.05, 0) is 18.4 Å². The highest BCUT2D eigenvalue weighted by Gasteiger charge is 2.32. The van der Waals surface area contributed by atoms with Crippen molar-refractivity contribution in [3.63, 3.8) is 0 Å². The molecule has 4 aromatic rings. The van der Waals surface area contributed by atoms with Gasteiger partial charge in [0.05, 0.1) is 10.6 Å². The first-order chi connectivity index (χ1) is 16.0. The van der Waals surface area contributed by atoms with Gasteiger partial charge in [0.25, 0.3) is 0 Å². The summed E-state index contributed by atoms with van der Waals surface area (Å²) in [4.78, 5) is 12.1. The number of fused-ring (bicyclic) bond motifs is 2. The molecule has 0 atom stereocenters. The monoisotopic (exact) mass is 458 g/mol. The zero-order valence-electron chi connectivity index (χ0n) is 18.8. The van der Waals surface area contributed by atoms with E-state index in [9.17, 15) is 8.42 Å². The first-order valence-electron chi connectivity index (χ1n) is 11.1. The van der Waals surface area contributed by atoms with Crippen LogP contribution in [0.15, 0.2) is 77.7 Å². The third-order valence-electron chi connectivity index (χ3n) is 6.24. The first kappa shape index (κ1) is 21.6. The number of aromatic nitrogens is 2. The Balaban J connectivity index is 1.58. The maximum atomic E-state index is 13.7. The Morgan fingerprint density at radius 3 is 2.45 bits per heavy atom. The van der Waals surface area contributed by atoms with Gasteiger partial charge in [0.15, 0.2) is 5.82 Å². The smallest absolute Gasteiger partial charge is 0.244 e. The van der Waals surface area contributed by atoms with Crippen LogP contribution in [0.25, 0.3) is 22.2 Å². The van der Waals surface area contributed by atoms with Crippen LogP contribution in [0.1, 0.15) is 18.2 Å². The molecule has 0 saturated carbocycles. The van der Waals surface area contributed by atoms with Gasteiger partial charge in [0.2, 0.25) is 10.0 Å². The van der Waals surface area contributed by atoms with Crippen molar-refractivity contribution in [1.29, 1.82) is 0 Å². The maximum absolute atomic E-state index is 13.7. The van der Waals surface area contributed by atoms with Crippen molar-refractivity contribution in [3.05, 3.63) is 84.1 Å². The molecule has 168 valence electrons. The molecular weight excluding hydrogens is 432 g/mol. The highest BCUT2D eigenvalue weighted by molar-refractivity contribution is 7.89. The summed E-state index contributed by atoms with van der Waals surface area (Å²) in [7, 11) is -1.70. The lowest BCUT2D eigenvalue weighted by molar-refractivity contribution is 0.387. The fourth-order valence-corrected chi connectivity index (χ4v) is 5.94. The van der Waals surface area contributed by atoms with E-state index in [2.05, 4.69) is 11.8 Å². The van der Waals surface area contributed by atoms with E-state index in [1.165, 1.54) is 0 Å². The molecule has 0 spiro atoms. The molecule has 0 bridgehead atoms. The van der Waals surface area contributed by atoms with Crippen molar-refractivity contribution in [2.75, 3.05) is 25.0 Å². The SMILES string of the molecule is CCN(C)c1nc(-c2ccccc2)nc2c1CN(S(=O)(=O)c1cccc3ccccc13)CC2. The van der Waals surface area contributed by atoms with E-state index in [4.69, 9.17) is 9.97 Å². The van der Waals surface area contributed by atoms with E-state index in [1.807, 2.05) is 67.7 Å². The summed E-state index contributed by atoms with van der Waals surface area (Å²) >= 11 is 0. The molecule has 1 aliphatic rings. The quantitative estimate of drug-likeness (QED) is 0.441. The van der Waals surface area contributed by atoms with Gasteiger partial charge in [-0.25, -0.2) is 18.4 Å². The van der Waals surface area contributed by atoms with Crippen LogP contribution >= 0.6 is 0 Å². The molecule has 1 aliphatic heterocycles. The topological polar surface area (TPSA) is 66.4 Å². The minimum absolute atomic E-state index is 0.260. The lowest BCUT2D eigenvalue weighted by Gasteiger charge is -2.31. The zero-order chi connectivity index (χ0) is 23.0. The molecule has 0 N–H and O–H groups in total. The van der Waals surface area contributed by atoms with Crippen molar-refractivity contribution < 1.29 is 8.42 Å². The lowest BCUT2D eigenvalue weighted by Crippen LogP contribution is -2.38. The molecule has 0 amide bonds. The zero-order valence-corrected chi connectivity index (χ0v) is 19.6. The largest absolute Gasteiger partial charge is 0.360 e. The van der Waals surface area contributed by atoms with E-state index in [1.54, 1.807) is 16.4 Å². The predicted molar refractivity (Wildman–Crippen MR) is 132 cm³/mol. The minimum atomic E-state index is -3.68. The van der Waals surface area contributed by atoms with Gasteiger partial charge in [0.1, 0.15) is 5.82 Å². The van der Waals surface area contributed by atoms with Gasteiger partial charge in [-0.1, -0.05) is 66.7 Å². The van der Waals surface area contributed by atoms with Gasteiger partial charge < -0.3 is 4.90 Å². The Kier molecular flexibility index (Phi) is 5.60. The van der Waals surface area contributed by atoms with E-state index >= 15 is 0 Å². The van der Waals surface area contributed by atoms with Crippen LogP contribution < -0.4 is 4.90 Å². The number of sulfonamides is 1. The molecule has 0 unspecified atom stereocenters. The first-order valence-corrected chi connectivity index (χ1v) is 12.6. The van der Waals surface area contributed by atoms with Crippen molar-refractivity contribution in [1.82, 2.24) is 14.3 Å². The molecule has 33 heavy (non-hydrogen) atoms. The third-order valence-corrected chi connectivity index (χ3v) is 8.14. The number of anilines is 1. The molecule has 5 rings (SSSR count). The van der Waals surface area contributed by atoms with Crippen molar-refractivity contribution in [2.45, 2.75) is 24.8 Å². The molecule has 0 aliphatic carbocycles. The summed E-state index contributed by atoms with van der Waals surface area (Å²) in [6.07, 6.45) is 0.548. The summed E-state index contributed by atoms with van der Waals surface area (Å²) < 4.78 is 29.0. The van der Waals surface area contributed by atoms with E-state index < -0.39 is 10.0 Å². The molecule has 6 nitrogen and oxygen atoms in total. The van der Waals surface area contributed by atoms with Gasteiger partial charge >= 0.3 is 0 Å². The molecule has 7 heteroatoms. The molecular formula is C26H26N4O2S. The Morgan fingerprint density at radius 1 is 0.939 bits per heavy atom. The van der Waals surface area contributed by atoms with Gasteiger partial charge in [-0.3, -0.25) is 0 Å². The third kappa shape index (κ3) is 3.87. The van der Waals surface area contributed by atoms with Gasteiger partial charge in [-0.15, -0.1) is 0 Å². The summed E-state index contributed by atoms with van der Waals surface area (Å²) in [5.74, 6) is 1.47. The van der Waals surface area contributed by atoms with Crippen molar-refractivity contribution in [3.8, 4) is 11.4 Å². The average molecular weight is 459 g/mol. The fourth-order valence-electron chi connectivity index (χ4n) is 4.32. The summed E-state index contributed by atoms with van der Waals surface area (Å²) in [6.45, 7) is 3.46. The normalized spacial score (nSPS) is 14.2. The van der Waals surface area contributed by atoms with E-state index in [0.29, 0.717) is 23.7 Å². The molecule has 0 saturated heterocycles. The van der Waals surface area contributed by atoms with Crippen LogP contribution in [0, 0.1) is 0 Å². The van der Waals surface area contributed by atoms with Crippen LogP contribution in [0.2, 0.25) is 0 Å². The molecule has 0 fully saturated rings. The van der Waals surface area contributed by atoms with Crippen LogP contribution in [0.3, 0.4) is 0 Å². The van der Waals surface area contributed by atoms with Crippen molar-refractivity contribution >= 4 is 26.6 Å². The number of nitrogens with zero attached hydrogens (tertiary/aromatic N) is 4. The van der Waals surface area contributed by atoms with Crippen molar-refractivity contribution in [2.24, 2.45) is 0 Å². The molecule has 2 heterocycles. The maximum Gasteiger partial charge on any atom is 0.244 e. The average Bonchev–Trinajstić information content (AvgIpc) is 2.87. The van der Waals surface area contributed by atoms with E-state index in [0.717, 1.165) is 40.0 Å². The Bertz CT molecular complexity index is 1420. The van der Waals surface area contributed by atoms with Gasteiger partial charge in [-0.2, -0.15) is 4.31 Å². The predicted octanol–water partition coefficient (Wildman–Crippen LogP) is 4.50. The Morgan fingerprint density at radius 2 is 1.67 bits per heavy atom. The minimum Gasteiger partial charge on any atom is -0.360 e. The number of benzene rings is 3. The Hall–Kier alpha value is -3.29. The highest BCUT2D eigenvalue weighted by Crippen LogP contribution is 2.33. The molecule has 3 aromatic carbocycles. The van der Waals surface area contributed by atoms with Crippen LogP contribution in [0.4, 0.5) is 5.82 Å². The number of hydrogen-bond acceptors (Lipinski definition) is 5. The standard InChI is InChI=1S/C26H26N4O2S/c1-3-29(2)26-22-18-30(17-16-23(22)27-25(28-26)20-11-5-4-6-12-20)33(31,32)24-15-9-13-19-10-7-8-14-21(19)24/h4-15H,3,16-18H2,1-2H3. The molecule has 1 aromatic heterocycles.